The molecule has 0 aliphatic carbocycles. The average molecular weight is 504 g/mol. The lowest BCUT2D eigenvalue weighted by Crippen LogP contribution is -2.39. The number of carbonyl (C=O) groups excluding carboxylic acids is 3. The predicted molar refractivity (Wildman–Crippen MR) is 127 cm³/mol. The standard InChI is InChI=1S/C23H25N3O6S2/c1-31-13-7-6-12(10-14(13)32-2)16-17-18(21(29)24-20(17)28)33-22-19(16)34-23(30)26(22)11-15(27)25-8-4-3-5-9-25/h6-7,10,16-18H,3-5,8-9,11H2,1-2H3,(H,24,28,29)/t16-,17+,18-/m0/s1. The van der Waals surface area contributed by atoms with Gasteiger partial charge in [0, 0.05) is 23.9 Å². The highest BCUT2D eigenvalue weighted by Crippen LogP contribution is 2.52. The van der Waals surface area contributed by atoms with E-state index in [4.69, 9.17) is 9.47 Å². The number of carbonyl (C=O) groups is 3. The van der Waals surface area contributed by atoms with Gasteiger partial charge in [0.1, 0.15) is 11.8 Å². The number of amides is 3. The van der Waals surface area contributed by atoms with Gasteiger partial charge in [-0.1, -0.05) is 29.2 Å². The Morgan fingerprint density at radius 2 is 1.79 bits per heavy atom. The van der Waals surface area contributed by atoms with Crippen molar-refractivity contribution < 1.29 is 23.9 Å². The molecular weight excluding hydrogens is 478 g/mol. The number of imide groups is 1. The van der Waals surface area contributed by atoms with Gasteiger partial charge in [0.2, 0.25) is 17.7 Å². The number of fused-ring (bicyclic) bond motifs is 2. The van der Waals surface area contributed by atoms with Crippen LogP contribution in [0.2, 0.25) is 0 Å². The van der Waals surface area contributed by atoms with E-state index in [-0.39, 0.29) is 29.1 Å². The molecule has 1 aromatic heterocycles. The SMILES string of the molecule is COc1ccc([C@@H]2c3sc(=O)n(CC(=O)N4CCCCC4)c3S[C@@H]3C(=O)NC(=O)[C@H]23)cc1OC. The fourth-order valence-corrected chi connectivity index (χ4v) is 7.70. The second kappa shape index (κ2) is 9.10. The summed E-state index contributed by atoms with van der Waals surface area (Å²) in [5.74, 6) is -0.969. The van der Waals surface area contributed by atoms with Gasteiger partial charge in [-0.2, -0.15) is 0 Å². The third-order valence-electron chi connectivity index (χ3n) is 6.66. The Hall–Kier alpha value is -2.79. The Kier molecular flexibility index (Phi) is 6.15. The number of hydrogen-bond donors (Lipinski definition) is 1. The predicted octanol–water partition coefficient (Wildman–Crippen LogP) is 1.82. The van der Waals surface area contributed by atoms with Gasteiger partial charge in [-0.25, -0.2) is 0 Å². The van der Waals surface area contributed by atoms with E-state index in [2.05, 4.69) is 5.32 Å². The first-order chi connectivity index (χ1) is 16.4. The third-order valence-corrected chi connectivity index (χ3v) is 9.27. The first-order valence-electron chi connectivity index (χ1n) is 11.2. The maximum atomic E-state index is 13.1. The first-order valence-corrected chi connectivity index (χ1v) is 12.9. The Morgan fingerprint density at radius 1 is 1.06 bits per heavy atom. The van der Waals surface area contributed by atoms with E-state index in [1.807, 2.05) is 6.07 Å². The van der Waals surface area contributed by atoms with Crippen LogP contribution in [0.3, 0.4) is 0 Å². The maximum Gasteiger partial charge on any atom is 0.308 e. The molecule has 2 saturated heterocycles. The van der Waals surface area contributed by atoms with E-state index in [1.165, 1.54) is 30.5 Å². The third kappa shape index (κ3) is 3.80. The van der Waals surface area contributed by atoms with Gasteiger partial charge >= 0.3 is 4.87 Å². The molecule has 5 rings (SSSR count). The number of nitrogens with zero attached hydrogens (tertiary/aromatic N) is 2. The van der Waals surface area contributed by atoms with Crippen molar-refractivity contribution in [1.82, 2.24) is 14.8 Å². The number of piperidine rings is 1. The highest BCUT2D eigenvalue weighted by atomic mass is 32.2. The molecule has 0 radical (unpaired) electrons. The molecule has 11 heteroatoms. The second-order valence-corrected chi connectivity index (χ2v) is 10.7. The fourth-order valence-electron chi connectivity index (χ4n) is 4.96. The molecule has 0 bridgehead atoms. The van der Waals surface area contributed by atoms with Crippen molar-refractivity contribution in [3.05, 3.63) is 38.3 Å². The van der Waals surface area contributed by atoms with Crippen molar-refractivity contribution in [2.75, 3.05) is 27.3 Å². The zero-order chi connectivity index (χ0) is 24.0. The lowest BCUT2D eigenvalue weighted by Gasteiger charge is -2.31. The smallest absolute Gasteiger partial charge is 0.308 e. The second-order valence-electron chi connectivity index (χ2n) is 8.57. The zero-order valence-electron chi connectivity index (χ0n) is 18.9. The number of aromatic nitrogens is 1. The minimum absolute atomic E-state index is 0.0662. The molecule has 2 aromatic rings. The van der Waals surface area contributed by atoms with E-state index in [9.17, 15) is 19.2 Å². The molecule has 3 amide bonds. The number of ether oxygens (including phenoxy) is 2. The number of thioether (sulfide) groups is 1. The van der Waals surface area contributed by atoms with Crippen molar-refractivity contribution >= 4 is 40.8 Å². The molecule has 1 N–H and O–H groups in total. The average Bonchev–Trinajstić information content (AvgIpc) is 3.32. The van der Waals surface area contributed by atoms with Crippen LogP contribution in [0.5, 0.6) is 11.5 Å². The molecule has 0 spiro atoms. The van der Waals surface area contributed by atoms with Crippen LogP contribution in [0.4, 0.5) is 0 Å². The lowest BCUT2D eigenvalue weighted by atomic mass is 9.83. The van der Waals surface area contributed by atoms with E-state index >= 15 is 0 Å². The van der Waals surface area contributed by atoms with Gasteiger partial charge in [-0.05, 0) is 37.0 Å². The Morgan fingerprint density at radius 3 is 2.50 bits per heavy atom. The van der Waals surface area contributed by atoms with Crippen LogP contribution in [0.1, 0.15) is 35.6 Å². The van der Waals surface area contributed by atoms with Crippen LogP contribution >= 0.6 is 23.1 Å². The Labute approximate surface area is 204 Å². The van der Waals surface area contributed by atoms with Gasteiger partial charge in [0.25, 0.3) is 0 Å². The minimum atomic E-state index is -0.677. The van der Waals surface area contributed by atoms with Gasteiger partial charge in [-0.15, -0.1) is 0 Å². The lowest BCUT2D eigenvalue weighted by molar-refractivity contribution is -0.133. The Balaban J connectivity index is 1.58. The molecule has 4 heterocycles. The van der Waals surface area contributed by atoms with E-state index < -0.39 is 17.1 Å². The number of rotatable bonds is 5. The normalized spacial score (nSPS) is 23.8. The quantitative estimate of drug-likeness (QED) is 0.621. The summed E-state index contributed by atoms with van der Waals surface area (Å²) in [6, 6.07) is 5.36. The van der Waals surface area contributed by atoms with Crippen LogP contribution in [0, 0.1) is 5.92 Å². The summed E-state index contributed by atoms with van der Waals surface area (Å²) in [4.78, 5) is 53.7. The monoisotopic (exact) mass is 503 g/mol. The summed E-state index contributed by atoms with van der Waals surface area (Å²) >= 11 is 2.24. The number of nitrogens with one attached hydrogen (secondary N) is 1. The molecule has 2 fully saturated rings. The summed E-state index contributed by atoms with van der Waals surface area (Å²) in [5.41, 5.74) is 0.745. The summed E-state index contributed by atoms with van der Waals surface area (Å²) in [7, 11) is 3.07. The van der Waals surface area contributed by atoms with Crippen molar-refractivity contribution in [2.24, 2.45) is 5.92 Å². The highest BCUT2D eigenvalue weighted by molar-refractivity contribution is 8.00. The van der Waals surface area contributed by atoms with Crippen molar-refractivity contribution in [3.63, 3.8) is 0 Å². The molecule has 0 unspecified atom stereocenters. The van der Waals surface area contributed by atoms with E-state index in [0.29, 0.717) is 34.5 Å². The van der Waals surface area contributed by atoms with Crippen molar-refractivity contribution in [3.8, 4) is 11.5 Å². The number of benzene rings is 1. The van der Waals surface area contributed by atoms with Gasteiger partial charge in [0.15, 0.2) is 11.5 Å². The summed E-state index contributed by atoms with van der Waals surface area (Å²) < 4.78 is 12.3. The van der Waals surface area contributed by atoms with Gasteiger partial charge in [0.05, 0.1) is 25.2 Å². The number of thiazole rings is 1. The fraction of sp³-hybridized carbons (Fsp3) is 0.478. The van der Waals surface area contributed by atoms with Crippen LogP contribution in [0.15, 0.2) is 28.0 Å². The van der Waals surface area contributed by atoms with Crippen molar-refractivity contribution in [2.45, 2.75) is 42.0 Å². The number of likely N-dealkylation sites (tertiary alicyclic amines) is 1. The van der Waals surface area contributed by atoms with Crippen LogP contribution in [-0.4, -0.2) is 59.7 Å². The van der Waals surface area contributed by atoms with Gasteiger partial charge < -0.3 is 14.4 Å². The molecule has 0 saturated carbocycles. The summed E-state index contributed by atoms with van der Waals surface area (Å²) in [6.45, 7) is 1.33. The number of methoxy groups -OCH3 is 2. The van der Waals surface area contributed by atoms with E-state index in [1.54, 1.807) is 17.0 Å². The van der Waals surface area contributed by atoms with Crippen LogP contribution in [-0.2, 0) is 20.9 Å². The highest BCUT2D eigenvalue weighted by Gasteiger charge is 2.53. The topological polar surface area (TPSA) is 107 Å². The summed E-state index contributed by atoms with van der Waals surface area (Å²) in [5, 5.41) is 2.36. The van der Waals surface area contributed by atoms with Crippen molar-refractivity contribution in [1.29, 1.82) is 0 Å². The molecule has 3 aliphatic heterocycles. The maximum absolute atomic E-state index is 13.1. The first kappa shape index (κ1) is 23.0. The minimum Gasteiger partial charge on any atom is -0.493 e. The van der Waals surface area contributed by atoms with Crippen LogP contribution < -0.4 is 19.7 Å². The molecule has 9 nitrogen and oxygen atoms in total. The summed E-state index contributed by atoms with van der Waals surface area (Å²) in [6.07, 6.45) is 3.03. The van der Waals surface area contributed by atoms with Crippen LogP contribution in [0.25, 0.3) is 0 Å². The van der Waals surface area contributed by atoms with E-state index in [0.717, 1.165) is 36.2 Å². The molecule has 3 atom stereocenters. The molecule has 3 aliphatic rings. The van der Waals surface area contributed by atoms with Gasteiger partial charge in [-0.3, -0.25) is 29.1 Å². The largest absolute Gasteiger partial charge is 0.493 e. The molecule has 34 heavy (non-hydrogen) atoms. The molecule has 180 valence electrons. The number of hydrogen-bond acceptors (Lipinski definition) is 8. The molecule has 1 aromatic carbocycles. The Bertz CT molecular complexity index is 1220. The molecular formula is C23H25N3O6S2. The zero-order valence-corrected chi connectivity index (χ0v) is 20.5.